The highest BCUT2D eigenvalue weighted by atomic mass is 32.2. The van der Waals surface area contributed by atoms with Crippen molar-refractivity contribution in [3.8, 4) is 0 Å². The number of aromatic nitrogens is 2. The quantitative estimate of drug-likeness (QED) is 0.848. The van der Waals surface area contributed by atoms with Crippen molar-refractivity contribution < 1.29 is 5.11 Å². The first kappa shape index (κ1) is 12.3. The van der Waals surface area contributed by atoms with Gasteiger partial charge in [-0.25, -0.2) is 0 Å². The molecule has 0 aliphatic heterocycles. The van der Waals surface area contributed by atoms with Crippen LogP contribution in [0.3, 0.4) is 0 Å². The van der Waals surface area contributed by atoms with E-state index >= 15 is 0 Å². The van der Waals surface area contributed by atoms with Crippen LogP contribution in [-0.4, -0.2) is 26.7 Å². The minimum absolute atomic E-state index is 0.107. The van der Waals surface area contributed by atoms with Crippen molar-refractivity contribution in [3.05, 3.63) is 30.0 Å². The van der Waals surface area contributed by atoms with Gasteiger partial charge in [-0.1, -0.05) is 43.0 Å². The Hall–Kier alpha value is -1.13. The predicted octanol–water partition coefficient (Wildman–Crippen LogP) is 2.80. The summed E-state index contributed by atoms with van der Waals surface area (Å²) < 4.78 is 0. The molecular weight excluding hydrogens is 232 g/mol. The third-order valence-electron chi connectivity index (χ3n) is 2.81. The first-order valence-electron chi connectivity index (χ1n) is 5.66. The van der Waals surface area contributed by atoms with Gasteiger partial charge in [0.25, 0.3) is 0 Å². The van der Waals surface area contributed by atoms with Crippen LogP contribution in [0.4, 0.5) is 0 Å². The normalized spacial score (nSPS) is 14.8. The van der Waals surface area contributed by atoms with Gasteiger partial charge >= 0.3 is 0 Å². The van der Waals surface area contributed by atoms with Gasteiger partial charge in [0.15, 0.2) is 0 Å². The smallest absolute Gasteiger partial charge is 0.127 e. The summed E-state index contributed by atoms with van der Waals surface area (Å²) in [7, 11) is 0. The lowest BCUT2D eigenvalue weighted by atomic mass is 10.1. The monoisotopic (exact) mass is 248 g/mol. The molecule has 3 nitrogen and oxygen atoms in total. The van der Waals surface area contributed by atoms with Gasteiger partial charge in [-0.15, -0.1) is 5.10 Å². The minimum Gasteiger partial charge on any atom is -0.392 e. The Bertz CT molecular complexity index is 528. The average molecular weight is 248 g/mol. The Balaban J connectivity index is 2.45. The number of aryl methyl sites for hydroxylation is 1. The van der Waals surface area contributed by atoms with E-state index in [-0.39, 0.29) is 11.4 Å². The molecule has 0 saturated heterocycles. The van der Waals surface area contributed by atoms with E-state index in [1.165, 1.54) is 0 Å². The summed E-state index contributed by atoms with van der Waals surface area (Å²) in [6, 6.07) is 8.11. The van der Waals surface area contributed by atoms with Crippen LogP contribution in [0.25, 0.3) is 10.8 Å². The number of fused-ring (bicyclic) bond motifs is 1. The van der Waals surface area contributed by atoms with Crippen LogP contribution in [0.2, 0.25) is 0 Å². The third kappa shape index (κ3) is 2.58. The molecule has 90 valence electrons. The van der Waals surface area contributed by atoms with Gasteiger partial charge in [0.1, 0.15) is 5.03 Å². The molecule has 4 heteroatoms. The van der Waals surface area contributed by atoms with Crippen LogP contribution < -0.4 is 0 Å². The lowest BCUT2D eigenvalue weighted by molar-refractivity contribution is 0.196. The van der Waals surface area contributed by atoms with E-state index in [0.717, 1.165) is 21.5 Å². The van der Waals surface area contributed by atoms with Gasteiger partial charge in [-0.05, 0) is 13.8 Å². The van der Waals surface area contributed by atoms with Gasteiger partial charge in [-0.2, -0.15) is 5.10 Å². The Labute approximate surface area is 105 Å². The maximum absolute atomic E-state index is 9.54. The number of aliphatic hydroxyl groups excluding tert-OH is 1. The fourth-order valence-electron chi connectivity index (χ4n) is 1.57. The Morgan fingerprint density at radius 1 is 1.12 bits per heavy atom. The van der Waals surface area contributed by atoms with E-state index in [9.17, 15) is 5.11 Å². The first-order chi connectivity index (χ1) is 8.09. The molecular formula is C13H16N2OS. The molecule has 1 heterocycles. The molecule has 0 saturated carbocycles. The number of nitrogens with zero attached hydrogens (tertiary/aromatic N) is 2. The minimum atomic E-state index is -0.359. The molecule has 2 unspecified atom stereocenters. The lowest BCUT2D eigenvalue weighted by Crippen LogP contribution is -2.15. The molecule has 0 bridgehead atoms. The number of rotatable bonds is 3. The van der Waals surface area contributed by atoms with Crippen LogP contribution in [0, 0.1) is 6.92 Å². The molecule has 0 fully saturated rings. The van der Waals surface area contributed by atoms with Gasteiger partial charge in [0.05, 0.1) is 11.8 Å². The van der Waals surface area contributed by atoms with Crippen molar-refractivity contribution in [2.75, 3.05) is 0 Å². The van der Waals surface area contributed by atoms with Crippen molar-refractivity contribution in [2.45, 2.75) is 37.2 Å². The maximum atomic E-state index is 9.54. The molecule has 2 atom stereocenters. The summed E-state index contributed by atoms with van der Waals surface area (Å²) in [5.41, 5.74) is 0.939. The van der Waals surface area contributed by atoms with Gasteiger partial charge in [0, 0.05) is 16.0 Å². The molecule has 0 aliphatic carbocycles. The highest BCUT2D eigenvalue weighted by molar-refractivity contribution is 8.00. The maximum Gasteiger partial charge on any atom is 0.127 e. The number of hydrogen-bond acceptors (Lipinski definition) is 4. The number of benzene rings is 1. The second-order valence-electron chi connectivity index (χ2n) is 4.20. The standard InChI is InChI=1S/C13H16N2OS/c1-8-11-6-4-5-7-12(11)13(15-14-8)17-10(3)9(2)16/h4-7,9-10,16H,1-3H3. The van der Waals surface area contributed by atoms with Gasteiger partial charge in [-0.3, -0.25) is 0 Å². The fourth-order valence-corrected chi connectivity index (χ4v) is 2.52. The van der Waals surface area contributed by atoms with E-state index in [0.29, 0.717) is 0 Å². The number of aliphatic hydroxyl groups is 1. The van der Waals surface area contributed by atoms with Crippen molar-refractivity contribution in [1.29, 1.82) is 0 Å². The molecule has 1 aromatic heterocycles. The van der Waals surface area contributed by atoms with Gasteiger partial charge in [0.2, 0.25) is 0 Å². The van der Waals surface area contributed by atoms with Crippen molar-refractivity contribution in [2.24, 2.45) is 0 Å². The van der Waals surface area contributed by atoms with Crippen molar-refractivity contribution in [1.82, 2.24) is 10.2 Å². The molecule has 0 spiro atoms. The van der Waals surface area contributed by atoms with E-state index < -0.39 is 0 Å². The number of hydrogen-bond donors (Lipinski definition) is 1. The Morgan fingerprint density at radius 2 is 1.76 bits per heavy atom. The van der Waals surface area contributed by atoms with Crippen molar-refractivity contribution in [3.63, 3.8) is 0 Å². The van der Waals surface area contributed by atoms with E-state index in [1.54, 1.807) is 18.7 Å². The highest BCUT2D eigenvalue weighted by Gasteiger charge is 2.14. The zero-order chi connectivity index (χ0) is 12.4. The molecule has 17 heavy (non-hydrogen) atoms. The average Bonchev–Trinajstić information content (AvgIpc) is 2.33. The third-order valence-corrected chi connectivity index (χ3v) is 4.11. The summed E-state index contributed by atoms with van der Waals surface area (Å²) in [6.07, 6.45) is -0.359. The van der Waals surface area contributed by atoms with Crippen LogP contribution in [0.1, 0.15) is 19.5 Å². The highest BCUT2D eigenvalue weighted by Crippen LogP contribution is 2.30. The number of thioether (sulfide) groups is 1. The second-order valence-corrected chi connectivity index (χ2v) is 5.57. The topological polar surface area (TPSA) is 46.0 Å². The Morgan fingerprint density at radius 3 is 2.41 bits per heavy atom. The van der Waals surface area contributed by atoms with Crippen LogP contribution in [0.15, 0.2) is 29.3 Å². The largest absolute Gasteiger partial charge is 0.392 e. The first-order valence-corrected chi connectivity index (χ1v) is 6.54. The van der Waals surface area contributed by atoms with E-state index in [1.807, 2.05) is 32.0 Å². The second kappa shape index (κ2) is 5.02. The van der Waals surface area contributed by atoms with Crippen LogP contribution in [-0.2, 0) is 0 Å². The molecule has 1 aromatic carbocycles. The predicted molar refractivity (Wildman–Crippen MR) is 71.3 cm³/mol. The summed E-state index contributed by atoms with van der Waals surface area (Å²) in [5.74, 6) is 0. The van der Waals surface area contributed by atoms with Gasteiger partial charge < -0.3 is 5.11 Å². The Kier molecular flexibility index (Phi) is 3.64. The van der Waals surface area contributed by atoms with Crippen LogP contribution >= 0.6 is 11.8 Å². The summed E-state index contributed by atoms with van der Waals surface area (Å²) in [6.45, 7) is 5.75. The summed E-state index contributed by atoms with van der Waals surface area (Å²) in [5, 5.41) is 21.2. The molecule has 2 aromatic rings. The molecule has 0 radical (unpaired) electrons. The fraction of sp³-hybridized carbons (Fsp3) is 0.385. The van der Waals surface area contributed by atoms with Crippen LogP contribution in [0.5, 0.6) is 0 Å². The van der Waals surface area contributed by atoms with E-state index in [4.69, 9.17) is 0 Å². The zero-order valence-electron chi connectivity index (χ0n) is 10.2. The van der Waals surface area contributed by atoms with E-state index in [2.05, 4.69) is 16.3 Å². The SMILES string of the molecule is Cc1nnc(SC(C)C(C)O)c2ccccc12. The molecule has 2 rings (SSSR count). The zero-order valence-corrected chi connectivity index (χ0v) is 11.0. The summed E-state index contributed by atoms with van der Waals surface area (Å²) >= 11 is 1.57. The van der Waals surface area contributed by atoms with Crippen molar-refractivity contribution >= 4 is 22.5 Å². The lowest BCUT2D eigenvalue weighted by Gasteiger charge is -2.14. The molecule has 1 N–H and O–H groups in total. The summed E-state index contributed by atoms with van der Waals surface area (Å²) in [4.78, 5) is 0. The molecule has 0 amide bonds. The molecule has 0 aliphatic rings.